The first kappa shape index (κ1) is 17.5. The summed E-state index contributed by atoms with van der Waals surface area (Å²) in [5, 5.41) is 2.99. The molecular weight excluding hydrogens is 356 g/mol. The maximum atomic E-state index is 12.6. The predicted molar refractivity (Wildman–Crippen MR) is 94.9 cm³/mol. The van der Waals surface area contributed by atoms with Crippen LogP contribution in [-0.2, 0) is 6.42 Å². The van der Waals surface area contributed by atoms with Crippen LogP contribution in [0, 0.1) is 6.92 Å². The molecule has 1 unspecified atom stereocenters. The van der Waals surface area contributed by atoms with Crippen LogP contribution in [-0.4, -0.2) is 16.7 Å². The van der Waals surface area contributed by atoms with Crippen LogP contribution < -0.4 is 5.32 Å². The molecule has 2 N–H and O–H groups in total. The molecule has 1 aromatic carbocycles. The van der Waals surface area contributed by atoms with Gasteiger partial charge in [0.1, 0.15) is 5.69 Å². The van der Waals surface area contributed by atoms with Crippen LogP contribution in [0.5, 0.6) is 0 Å². The zero-order valence-electron chi connectivity index (χ0n) is 13.8. The van der Waals surface area contributed by atoms with Gasteiger partial charge in [-0.05, 0) is 50.5 Å². The van der Waals surface area contributed by atoms with Crippen molar-refractivity contribution in [2.45, 2.75) is 40.2 Å². The molecule has 1 atom stereocenters. The van der Waals surface area contributed by atoms with Crippen LogP contribution >= 0.6 is 15.9 Å². The molecule has 0 aliphatic rings. The summed E-state index contributed by atoms with van der Waals surface area (Å²) in [4.78, 5) is 27.5. The van der Waals surface area contributed by atoms with E-state index in [1.54, 1.807) is 0 Å². The Bertz CT molecular complexity index is 749. The van der Waals surface area contributed by atoms with E-state index in [-0.39, 0.29) is 17.7 Å². The van der Waals surface area contributed by atoms with Gasteiger partial charge < -0.3 is 10.3 Å². The van der Waals surface area contributed by atoms with E-state index in [1.807, 2.05) is 45.0 Å². The first-order chi connectivity index (χ1) is 10.8. The van der Waals surface area contributed by atoms with Crippen molar-refractivity contribution in [2.75, 3.05) is 0 Å². The van der Waals surface area contributed by atoms with Gasteiger partial charge in [0, 0.05) is 15.7 Å². The highest BCUT2D eigenvalue weighted by Crippen LogP contribution is 2.22. The minimum atomic E-state index is -0.190. The minimum absolute atomic E-state index is 0.0188. The Kier molecular flexibility index (Phi) is 5.42. The molecule has 5 heteroatoms. The van der Waals surface area contributed by atoms with Crippen LogP contribution in [0.3, 0.4) is 0 Å². The van der Waals surface area contributed by atoms with Crippen molar-refractivity contribution in [3.05, 3.63) is 56.8 Å². The van der Waals surface area contributed by atoms with Crippen molar-refractivity contribution in [1.82, 2.24) is 10.3 Å². The van der Waals surface area contributed by atoms with Gasteiger partial charge in [0.25, 0.3) is 5.91 Å². The summed E-state index contributed by atoms with van der Waals surface area (Å²) in [7, 11) is 0. The van der Waals surface area contributed by atoms with Gasteiger partial charge in [-0.25, -0.2) is 0 Å². The summed E-state index contributed by atoms with van der Waals surface area (Å²) in [5.74, 6) is -0.209. The summed E-state index contributed by atoms with van der Waals surface area (Å²) >= 11 is 3.44. The van der Waals surface area contributed by atoms with E-state index >= 15 is 0 Å². The highest BCUT2D eigenvalue weighted by molar-refractivity contribution is 9.10. The van der Waals surface area contributed by atoms with E-state index in [1.165, 1.54) is 6.92 Å². The second-order valence-corrected chi connectivity index (χ2v) is 6.55. The van der Waals surface area contributed by atoms with Crippen molar-refractivity contribution in [1.29, 1.82) is 0 Å². The zero-order chi connectivity index (χ0) is 17.1. The number of hydrogen-bond acceptors (Lipinski definition) is 2. The number of aromatic amines is 1. The van der Waals surface area contributed by atoms with Gasteiger partial charge in [0.05, 0.1) is 6.04 Å². The van der Waals surface area contributed by atoms with Crippen LogP contribution in [0.4, 0.5) is 0 Å². The van der Waals surface area contributed by atoms with Crippen molar-refractivity contribution in [3.63, 3.8) is 0 Å². The lowest BCUT2D eigenvalue weighted by molar-refractivity contribution is 0.0934. The molecule has 2 rings (SSSR count). The largest absolute Gasteiger partial charge is 0.354 e. The average Bonchev–Trinajstić information content (AvgIpc) is 2.84. The fraction of sp³-hybridized carbons (Fsp3) is 0.333. The monoisotopic (exact) mass is 376 g/mol. The molecular formula is C18H21BrN2O2. The molecule has 0 aliphatic heterocycles. The number of nitrogens with one attached hydrogen (secondary N) is 2. The Balaban J connectivity index is 2.27. The molecule has 0 spiro atoms. The third-order valence-electron chi connectivity index (χ3n) is 3.92. The van der Waals surface area contributed by atoms with E-state index in [0.717, 1.165) is 21.3 Å². The van der Waals surface area contributed by atoms with E-state index in [2.05, 4.69) is 26.2 Å². The lowest BCUT2D eigenvalue weighted by Crippen LogP contribution is -2.27. The number of rotatable bonds is 5. The molecule has 122 valence electrons. The molecule has 1 aromatic heterocycles. The normalized spacial score (nSPS) is 12.0. The fourth-order valence-corrected chi connectivity index (χ4v) is 3.25. The van der Waals surface area contributed by atoms with Crippen LogP contribution in [0.1, 0.15) is 64.5 Å². The number of benzene rings is 1. The van der Waals surface area contributed by atoms with Crippen LogP contribution in [0.2, 0.25) is 0 Å². The molecule has 0 saturated carbocycles. The predicted octanol–water partition coefficient (Wildman–Crippen LogP) is 4.34. The first-order valence-electron chi connectivity index (χ1n) is 7.63. The number of halogens is 1. The summed E-state index contributed by atoms with van der Waals surface area (Å²) in [5.41, 5.74) is 3.66. The molecule has 1 heterocycles. The average molecular weight is 377 g/mol. The van der Waals surface area contributed by atoms with Gasteiger partial charge in [0.15, 0.2) is 5.78 Å². The molecule has 1 amide bonds. The smallest absolute Gasteiger partial charge is 0.268 e. The number of aryl methyl sites for hydroxylation is 1. The van der Waals surface area contributed by atoms with Crippen LogP contribution in [0.15, 0.2) is 28.7 Å². The maximum Gasteiger partial charge on any atom is 0.268 e. The van der Waals surface area contributed by atoms with Gasteiger partial charge in [-0.3, -0.25) is 9.59 Å². The number of Topliss-reactive ketones (excluding diaryl/α,β-unsaturated/α-hetero) is 1. The zero-order valence-corrected chi connectivity index (χ0v) is 15.4. The van der Waals surface area contributed by atoms with Gasteiger partial charge >= 0.3 is 0 Å². The second-order valence-electron chi connectivity index (χ2n) is 5.64. The Morgan fingerprint density at radius 1 is 1.35 bits per heavy atom. The number of carbonyl (C=O) groups excluding carboxylic acids is 2. The molecule has 0 radical (unpaired) electrons. The van der Waals surface area contributed by atoms with Crippen molar-refractivity contribution in [3.8, 4) is 0 Å². The summed E-state index contributed by atoms with van der Waals surface area (Å²) in [6.45, 7) is 7.24. The highest BCUT2D eigenvalue weighted by Gasteiger charge is 2.22. The Morgan fingerprint density at radius 2 is 2.04 bits per heavy atom. The molecule has 2 aromatic rings. The first-order valence-corrected chi connectivity index (χ1v) is 8.43. The maximum absolute atomic E-state index is 12.6. The third kappa shape index (κ3) is 3.72. The SMILES string of the molecule is CCc1c(C(=O)NC(C)c2cccc(Br)c2)[nH]c(C)c1C(C)=O. The highest BCUT2D eigenvalue weighted by atomic mass is 79.9. The number of H-pyrrole nitrogens is 1. The van der Waals surface area contributed by atoms with E-state index in [0.29, 0.717) is 17.7 Å². The fourth-order valence-electron chi connectivity index (χ4n) is 2.83. The standard InChI is InChI=1S/C18H21BrN2O2/c1-5-15-16(12(4)22)11(3)20-17(15)18(23)21-10(2)13-7-6-8-14(19)9-13/h6-10,20H,5H2,1-4H3,(H,21,23). The molecule has 0 saturated heterocycles. The third-order valence-corrected chi connectivity index (χ3v) is 4.41. The number of hydrogen-bond donors (Lipinski definition) is 2. The van der Waals surface area contributed by atoms with Crippen molar-refractivity contribution >= 4 is 27.6 Å². The topological polar surface area (TPSA) is 62.0 Å². The Morgan fingerprint density at radius 3 is 2.61 bits per heavy atom. The number of aromatic nitrogens is 1. The molecule has 23 heavy (non-hydrogen) atoms. The van der Waals surface area contributed by atoms with Crippen LogP contribution in [0.25, 0.3) is 0 Å². The molecule has 0 aliphatic carbocycles. The molecule has 4 nitrogen and oxygen atoms in total. The summed E-state index contributed by atoms with van der Waals surface area (Å²) < 4.78 is 0.972. The number of ketones is 1. The molecule has 0 bridgehead atoms. The van der Waals surface area contributed by atoms with E-state index < -0.39 is 0 Å². The second kappa shape index (κ2) is 7.13. The minimum Gasteiger partial charge on any atom is -0.354 e. The van der Waals surface area contributed by atoms with E-state index in [9.17, 15) is 9.59 Å². The number of carbonyl (C=O) groups is 2. The molecule has 0 fully saturated rings. The van der Waals surface area contributed by atoms with Gasteiger partial charge in [-0.2, -0.15) is 0 Å². The lowest BCUT2D eigenvalue weighted by Gasteiger charge is -2.15. The Hall–Kier alpha value is -1.88. The lowest BCUT2D eigenvalue weighted by atomic mass is 10.0. The van der Waals surface area contributed by atoms with Gasteiger partial charge in [-0.1, -0.05) is 35.0 Å². The number of amides is 1. The van der Waals surface area contributed by atoms with Gasteiger partial charge in [0.2, 0.25) is 0 Å². The van der Waals surface area contributed by atoms with Crippen molar-refractivity contribution in [2.24, 2.45) is 0 Å². The van der Waals surface area contributed by atoms with Gasteiger partial charge in [-0.15, -0.1) is 0 Å². The van der Waals surface area contributed by atoms with E-state index in [4.69, 9.17) is 0 Å². The quantitative estimate of drug-likeness (QED) is 0.762. The summed E-state index contributed by atoms with van der Waals surface area (Å²) in [6.07, 6.45) is 0.632. The summed E-state index contributed by atoms with van der Waals surface area (Å²) in [6, 6.07) is 7.70. The van der Waals surface area contributed by atoms with Crippen molar-refractivity contribution < 1.29 is 9.59 Å². The Labute approximate surface area is 144 Å².